The normalized spacial score (nSPS) is 8.96. The number of hydrogen-bond acceptors (Lipinski definition) is 5. The zero-order valence-corrected chi connectivity index (χ0v) is 17.0. The summed E-state index contributed by atoms with van der Waals surface area (Å²) in [6.07, 6.45) is 3.28. The van der Waals surface area contributed by atoms with Crippen LogP contribution in [0.5, 0.6) is 0 Å². The second-order valence-electron chi connectivity index (χ2n) is 4.00. The zero-order valence-electron chi connectivity index (χ0n) is 13.1. The lowest BCUT2D eigenvalue weighted by Crippen LogP contribution is -2.21. The highest BCUT2D eigenvalue weighted by Gasteiger charge is 2.06. The van der Waals surface area contributed by atoms with Crippen LogP contribution >= 0.6 is 57.5 Å². The molecule has 2 aromatic rings. The molecule has 0 radical (unpaired) electrons. The Morgan fingerprint density at radius 3 is 1.80 bits per heavy atom. The average molecular weight is 440 g/mol. The quantitative estimate of drug-likeness (QED) is 0.495. The van der Waals surface area contributed by atoms with Crippen LogP contribution in [0.3, 0.4) is 0 Å². The Hall–Kier alpha value is -1.15. The van der Waals surface area contributed by atoms with Gasteiger partial charge in [0.25, 0.3) is 11.1 Å². The fourth-order valence-corrected chi connectivity index (χ4v) is 3.12. The summed E-state index contributed by atoms with van der Waals surface area (Å²) in [6, 6.07) is 6.64. The van der Waals surface area contributed by atoms with Gasteiger partial charge in [-0.2, -0.15) is 0 Å². The van der Waals surface area contributed by atoms with E-state index in [9.17, 15) is 9.59 Å². The first kappa shape index (κ1) is 23.9. The summed E-state index contributed by atoms with van der Waals surface area (Å²) < 4.78 is 1.21. The molecule has 1 amide bonds. The molecular formula is C16H17Cl3N2O2S2. The number of nitrogens with two attached hydrogens (primary N) is 1. The van der Waals surface area contributed by atoms with E-state index in [-0.39, 0.29) is 5.91 Å². The summed E-state index contributed by atoms with van der Waals surface area (Å²) >= 11 is 18.7. The highest BCUT2D eigenvalue weighted by Crippen LogP contribution is 2.22. The maximum atomic E-state index is 11.2. The summed E-state index contributed by atoms with van der Waals surface area (Å²) in [5.41, 5.74) is 4.91. The maximum Gasteiger partial charge on any atom is 0.262 e. The van der Waals surface area contributed by atoms with Crippen molar-refractivity contribution in [2.75, 3.05) is 13.1 Å². The number of rotatable bonds is 5. The molecule has 2 aromatic heterocycles. The van der Waals surface area contributed by atoms with E-state index in [1.54, 1.807) is 36.4 Å². The van der Waals surface area contributed by atoms with Crippen molar-refractivity contribution in [1.82, 2.24) is 5.32 Å². The Morgan fingerprint density at radius 1 is 1.04 bits per heavy atom. The predicted molar refractivity (Wildman–Crippen MR) is 111 cm³/mol. The SMILES string of the molecule is C=CCN.C=CCNC(=O)c1ccc(Cl)s1.O=C(Cl)c1ccc(Cl)s1. The zero-order chi connectivity index (χ0) is 19.2. The van der Waals surface area contributed by atoms with Gasteiger partial charge in [-0.1, -0.05) is 35.4 Å². The van der Waals surface area contributed by atoms with Gasteiger partial charge in [-0.25, -0.2) is 0 Å². The molecule has 9 heteroatoms. The van der Waals surface area contributed by atoms with Crippen LogP contribution in [-0.4, -0.2) is 24.2 Å². The summed E-state index contributed by atoms with van der Waals surface area (Å²) in [5, 5.41) is 2.20. The molecule has 0 saturated carbocycles. The van der Waals surface area contributed by atoms with Gasteiger partial charge in [0.2, 0.25) is 0 Å². The van der Waals surface area contributed by atoms with E-state index >= 15 is 0 Å². The lowest BCUT2D eigenvalue weighted by atomic mass is 10.4. The second kappa shape index (κ2) is 14.1. The van der Waals surface area contributed by atoms with Crippen LogP contribution in [0.1, 0.15) is 19.3 Å². The van der Waals surface area contributed by atoms with E-state index in [0.717, 1.165) is 0 Å². The van der Waals surface area contributed by atoms with Crippen molar-refractivity contribution in [2.45, 2.75) is 0 Å². The Labute approximate surface area is 169 Å². The van der Waals surface area contributed by atoms with Gasteiger partial charge >= 0.3 is 0 Å². The molecule has 4 nitrogen and oxygen atoms in total. The van der Waals surface area contributed by atoms with E-state index < -0.39 is 5.24 Å². The first-order valence-electron chi connectivity index (χ1n) is 6.76. The lowest BCUT2D eigenvalue weighted by Gasteiger charge is -1.96. The summed E-state index contributed by atoms with van der Waals surface area (Å²) in [5.74, 6) is -0.105. The third-order valence-corrected chi connectivity index (χ3v) is 4.91. The van der Waals surface area contributed by atoms with Crippen molar-refractivity contribution < 1.29 is 9.59 Å². The van der Waals surface area contributed by atoms with Crippen LogP contribution in [-0.2, 0) is 0 Å². The number of nitrogens with one attached hydrogen (secondary N) is 1. The van der Waals surface area contributed by atoms with Gasteiger partial charge in [-0.3, -0.25) is 9.59 Å². The molecule has 2 rings (SSSR count). The van der Waals surface area contributed by atoms with Crippen LogP contribution < -0.4 is 11.1 Å². The third kappa shape index (κ3) is 11.1. The minimum absolute atomic E-state index is 0.105. The highest BCUT2D eigenvalue weighted by molar-refractivity contribution is 7.19. The topological polar surface area (TPSA) is 72.2 Å². The van der Waals surface area contributed by atoms with Crippen LogP contribution in [0.4, 0.5) is 0 Å². The van der Waals surface area contributed by atoms with Gasteiger partial charge in [-0.15, -0.1) is 35.8 Å². The van der Waals surface area contributed by atoms with E-state index in [2.05, 4.69) is 18.5 Å². The maximum absolute atomic E-state index is 11.2. The van der Waals surface area contributed by atoms with Crippen molar-refractivity contribution in [2.24, 2.45) is 5.73 Å². The minimum Gasteiger partial charge on any atom is -0.348 e. The summed E-state index contributed by atoms with van der Waals surface area (Å²) in [4.78, 5) is 22.7. The Balaban J connectivity index is 0.000000391. The Morgan fingerprint density at radius 2 is 1.52 bits per heavy atom. The number of carbonyl (C=O) groups excluding carboxylic acids is 2. The summed E-state index contributed by atoms with van der Waals surface area (Å²) in [6.45, 7) is 7.91. The molecule has 0 aliphatic carbocycles. The van der Waals surface area contributed by atoms with Gasteiger partial charge in [0.05, 0.1) is 18.4 Å². The third-order valence-electron chi connectivity index (χ3n) is 2.14. The molecule has 0 saturated heterocycles. The standard InChI is InChI=1S/C8H8ClNOS.C5H2Cl2OS.C3H7N/c1-2-5-10-8(11)6-3-4-7(9)12-6;6-4-2-1-3(9-4)5(7)8;1-2-3-4/h2-4H,1,5H2,(H,10,11);1-2H;2H,1,3-4H2. The fourth-order valence-electron chi connectivity index (χ4n) is 1.11. The molecule has 0 fully saturated rings. The average Bonchev–Trinajstić information content (AvgIpc) is 3.22. The smallest absolute Gasteiger partial charge is 0.262 e. The summed E-state index contributed by atoms with van der Waals surface area (Å²) in [7, 11) is 0. The van der Waals surface area contributed by atoms with Crippen molar-refractivity contribution in [3.63, 3.8) is 0 Å². The molecule has 0 aliphatic heterocycles. The molecule has 0 atom stereocenters. The van der Waals surface area contributed by atoms with Gasteiger partial charge in [-0.05, 0) is 35.9 Å². The van der Waals surface area contributed by atoms with Gasteiger partial charge in [0, 0.05) is 13.1 Å². The first-order valence-corrected chi connectivity index (χ1v) is 9.52. The van der Waals surface area contributed by atoms with Crippen LogP contribution in [0, 0.1) is 0 Å². The minimum atomic E-state index is -0.452. The molecule has 0 bridgehead atoms. The second-order valence-corrected chi connectivity index (χ2v) is 7.78. The monoisotopic (exact) mass is 438 g/mol. The predicted octanol–water partition coefficient (Wildman–Crippen LogP) is 5.23. The Kier molecular flexibility index (Phi) is 13.4. The van der Waals surface area contributed by atoms with Crippen molar-refractivity contribution in [3.05, 3.63) is 68.0 Å². The molecule has 2 heterocycles. The van der Waals surface area contributed by atoms with Gasteiger partial charge in [0.1, 0.15) is 0 Å². The number of thiophene rings is 2. The van der Waals surface area contributed by atoms with Crippen molar-refractivity contribution in [1.29, 1.82) is 0 Å². The molecule has 0 unspecified atom stereocenters. The molecule has 0 aromatic carbocycles. The molecular weight excluding hydrogens is 423 g/mol. The number of carbonyl (C=O) groups is 2. The van der Waals surface area contributed by atoms with Gasteiger partial charge < -0.3 is 11.1 Å². The molecule has 25 heavy (non-hydrogen) atoms. The Bertz CT molecular complexity index is 699. The molecule has 0 aliphatic rings. The molecule has 136 valence electrons. The van der Waals surface area contributed by atoms with E-state index in [0.29, 0.717) is 31.5 Å². The van der Waals surface area contributed by atoms with E-state index in [1.807, 2.05) is 0 Å². The van der Waals surface area contributed by atoms with Crippen LogP contribution in [0.2, 0.25) is 8.67 Å². The van der Waals surface area contributed by atoms with Crippen molar-refractivity contribution in [3.8, 4) is 0 Å². The van der Waals surface area contributed by atoms with E-state index in [4.69, 9.17) is 40.5 Å². The number of halogens is 3. The van der Waals surface area contributed by atoms with E-state index in [1.165, 1.54) is 22.7 Å². The molecule has 3 N–H and O–H groups in total. The van der Waals surface area contributed by atoms with Crippen molar-refractivity contribution >= 4 is 68.6 Å². The fraction of sp³-hybridized carbons (Fsp3) is 0.125. The van der Waals surface area contributed by atoms with Gasteiger partial charge in [0.15, 0.2) is 0 Å². The number of amides is 1. The number of hydrogen-bond donors (Lipinski definition) is 2. The highest BCUT2D eigenvalue weighted by atomic mass is 35.5. The lowest BCUT2D eigenvalue weighted by molar-refractivity contribution is 0.0961. The van der Waals surface area contributed by atoms with Crippen LogP contribution in [0.25, 0.3) is 0 Å². The van der Waals surface area contributed by atoms with Crippen LogP contribution in [0.15, 0.2) is 49.6 Å². The first-order chi connectivity index (χ1) is 11.8. The largest absolute Gasteiger partial charge is 0.348 e. The molecule has 0 spiro atoms.